The minimum Gasteiger partial charge on any atom is -0.329 e. The SMILES string of the molecule is CC1(C)CCN(CCN)CCS1. The third-order valence-corrected chi connectivity index (χ3v) is 3.75. The third kappa shape index (κ3) is 3.33. The summed E-state index contributed by atoms with van der Waals surface area (Å²) in [6, 6.07) is 0. The van der Waals surface area contributed by atoms with Crippen molar-refractivity contribution in [3.05, 3.63) is 0 Å². The van der Waals surface area contributed by atoms with Gasteiger partial charge in [-0.05, 0) is 13.0 Å². The normalized spacial score (nSPS) is 25.2. The van der Waals surface area contributed by atoms with Gasteiger partial charge in [0, 0.05) is 30.1 Å². The molecule has 2 nitrogen and oxygen atoms in total. The topological polar surface area (TPSA) is 29.3 Å². The molecule has 1 fully saturated rings. The van der Waals surface area contributed by atoms with E-state index in [0.717, 1.165) is 13.1 Å². The molecular formula is C9H20N2S. The summed E-state index contributed by atoms with van der Waals surface area (Å²) in [7, 11) is 0. The molecule has 12 heavy (non-hydrogen) atoms. The van der Waals surface area contributed by atoms with Crippen LogP contribution in [0.15, 0.2) is 0 Å². The van der Waals surface area contributed by atoms with Crippen molar-refractivity contribution in [1.29, 1.82) is 0 Å². The standard InChI is InChI=1S/C9H20N2S/c1-9(2)3-5-11(6-4-10)7-8-12-9/h3-8,10H2,1-2H3. The maximum Gasteiger partial charge on any atom is 0.0116 e. The van der Waals surface area contributed by atoms with Gasteiger partial charge in [0.25, 0.3) is 0 Å². The Labute approximate surface area is 79.9 Å². The van der Waals surface area contributed by atoms with Gasteiger partial charge in [-0.1, -0.05) is 13.8 Å². The molecule has 0 spiro atoms. The molecule has 1 heterocycles. The fraction of sp³-hybridized carbons (Fsp3) is 1.00. The number of nitrogens with zero attached hydrogens (tertiary/aromatic N) is 1. The predicted octanol–water partition coefficient (Wildman–Crippen LogP) is 1.16. The highest BCUT2D eigenvalue weighted by Crippen LogP contribution is 2.30. The molecule has 0 unspecified atom stereocenters. The fourth-order valence-electron chi connectivity index (χ4n) is 1.47. The second kappa shape index (κ2) is 4.49. The molecule has 0 saturated carbocycles. The molecule has 0 aromatic carbocycles. The largest absolute Gasteiger partial charge is 0.329 e. The molecule has 72 valence electrons. The third-order valence-electron chi connectivity index (χ3n) is 2.38. The Morgan fingerprint density at radius 3 is 2.83 bits per heavy atom. The lowest BCUT2D eigenvalue weighted by Crippen LogP contribution is -2.32. The first-order valence-electron chi connectivity index (χ1n) is 4.70. The van der Waals surface area contributed by atoms with Gasteiger partial charge in [-0.3, -0.25) is 0 Å². The lowest BCUT2D eigenvalue weighted by molar-refractivity contribution is 0.292. The second-order valence-electron chi connectivity index (χ2n) is 3.99. The maximum absolute atomic E-state index is 5.53. The van der Waals surface area contributed by atoms with Gasteiger partial charge in [0.1, 0.15) is 0 Å². The van der Waals surface area contributed by atoms with Gasteiger partial charge >= 0.3 is 0 Å². The lowest BCUT2D eigenvalue weighted by Gasteiger charge is -2.22. The molecule has 1 aliphatic heterocycles. The Kier molecular flexibility index (Phi) is 3.87. The first-order valence-corrected chi connectivity index (χ1v) is 5.69. The van der Waals surface area contributed by atoms with Gasteiger partial charge in [0.2, 0.25) is 0 Å². The van der Waals surface area contributed by atoms with Crippen LogP contribution in [-0.2, 0) is 0 Å². The van der Waals surface area contributed by atoms with Crippen LogP contribution in [0.4, 0.5) is 0 Å². The van der Waals surface area contributed by atoms with E-state index in [-0.39, 0.29) is 0 Å². The molecule has 0 aliphatic carbocycles. The van der Waals surface area contributed by atoms with Crippen LogP contribution in [0.25, 0.3) is 0 Å². The first-order chi connectivity index (χ1) is 5.64. The van der Waals surface area contributed by atoms with E-state index >= 15 is 0 Å². The number of nitrogens with two attached hydrogens (primary N) is 1. The van der Waals surface area contributed by atoms with Crippen molar-refractivity contribution in [1.82, 2.24) is 4.90 Å². The van der Waals surface area contributed by atoms with Crippen molar-refractivity contribution >= 4 is 11.8 Å². The van der Waals surface area contributed by atoms with Crippen molar-refractivity contribution in [3.8, 4) is 0 Å². The summed E-state index contributed by atoms with van der Waals surface area (Å²) in [4.78, 5) is 2.47. The average molecular weight is 188 g/mol. The van der Waals surface area contributed by atoms with E-state index in [1.165, 1.54) is 25.3 Å². The van der Waals surface area contributed by atoms with E-state index in [9.17, 15) is 0 Å². The van der Waals surface area contributed by atoms with Crippen molar-refractivity contribution in [2.24, 2.45) is 5.73 Å². The summed E-state index contributed by atoms with van der Waals surface area (Å²) < 4.78 is 0.476. The van der Waals surface area contributed by atoms with Gasteiger partial charge in [0.05, 0.1) is 0 Å². The van der Waals surface area contributed by atoms with Gasteiger partial charge in [-0.2, -0.15) is 11.8 Å². The zero-order valence-electron chi connectivity index (χ0n) is 8.18. The quantitative estimate of drug-likeness (QED) is 0.705. The van der Waals surface area contributed by atoms with Crippen LogP contribution in [0.1, 0.15) is 20.3 Å². The summed E-state index contributed by atoms with van der Waals surface area (Å²) >= 11 is 2.09. The van der Waals surface area contributed by atoms with Crippen LogP contribution in [0, 0.1) is 0 Å². The fourth-order valence-corrected chi connectivity index (χ4v) is 2.61. The van der Waals surface area contributed by atoms with Crippen molar-refractivity contribution in [2.75, 3.05) is 31.9 Å². The molecule has 2 N–H and O–H groups in total. The summed E-state index contributed by atoms with van der Waals surface area (Å²) in [5.41, 5.74) is 5.53. The molecule has 0 aromatic rings. The van der Waals surface area contributed by atoms with Gasteiger partial charge in [-0.25, -0.2) is 0 Å². The van der Waals surface area contributed by atoms with E-state index in [4.69, 9.17) is 5.73 Å². The van der Waals surface area contributed by atoms with E-state index in [2.05, 4.69) is 30.5 Å². The van der Waals surface area contributed by atoms with Gasteiger partial charge in [0.15, 0.2) is 0 Å². The van der Waals surface area contributed by atoms with Crippen LogP contribution in [0.2, 0.25) is 0 Å². The van der Waals surface area contributed by atoms with Crippen LogP contribution < -0.4 is 5.73 Å². The van der Waals surface area contributed by atoms with Gasteiger partial charge < -0.3 is 10.6 Å². The van der Waals surface area contributed by atoms with E-state index < -0.39 is 0 Å². The van der Waals surface area contributed by atoms with E-state index in [1.807, 2.05) is 0 Å². The Hall–Kier alpha value is 0.270. The highest BCUT2D eigenvalue weighted by molar-refractivity contribution is 8.00. The number of hydrogen-bond donors (Lipinski definition) is 1. The first kappa shape index (κ1) is 10.4. The maximum atomic E-state index is 5.53. The minimum absolute atomic E-state index is 0.476. The Morgan fingerprint density at radius 1 is 1.42 bits per heavy atom. The van der Waals surface area contributed by atoms with E-state index in [1.54, 1.807) is 0 Å². The Bertz CT molecular complexity index is 136. The molecule has 1 saturated heterocycles. The predicted molar refractivity (Wildman–Crippen MR) is 56.6 cm³/mol. The zero-order valence-corrected chi connectivity index (χ0v) is 8.99. The van der Waals surface area contributed by atoms with E-state index in [0.29, 0.717) is 4.75 Å². The Morgan fingerprint density at radius 2 is 2.17 bits per heavy atom. The molecule has 0 radical (unpaired) electrons. The number of rotatable bonds is 2. The van der Waals surface area contributed by atoms with Crippen molar-refractivity contribution in [2.45, 2.75) is 25.0 Å². The second-order valence-corrected chi connectivity index (χ2v) is 5.79. The lowest BCUT2D eigenvalue weighted by atomic mass is 10.1. The summed E-state index contributed by atoms with van der Waals surface area (Å²) in [6.07, 6.45) is 1.29. The zero-order chi connectivity index (χ0) is 9.03. The molecule has 0 aromatic heterocycles. The molecular weight excluding hydrogens is 168 g/mol. The van der Waals surface area contributed by atoms with Crippen molar-refractivity contribution < 1.29 is 0 Å². The Balaban J connectivity index is 2.34. The highest BCUT2D eigenvalue weighted by atomic mass is 32.2. The molecule has 1 aliphatic rings. The number of thioether (sulfide) groups is 1. The summed E-state index contributed by atoms with van der Waals surface area (Å²) in [5, 5.41) is 0. The summed E-state index contributed by atoms with van der Waals surface area (Å²) in [5.74, 6) is 1.26. The monoisotopic (exact) mass is 188 g/mol. The molecule has 0 bridgehead atoms. The van der Waals surface area contributed by atoms with Crippen molar-refractivity contribution in [3.63, 3.8) is 0 Å². The number of hydrogen-bond acceptors (Lipinski definition) is 3. The van der Waals surface area contributed by atoms with Crippen LogP contribution >= 0.6 is 11.8 Å². The summed E-state index contributed by atoms with van der Waals surface area (Å²) in [6.45, 7) is 8.97. The highest BCUT2D eigenvalue weighted by Gasteiger charge is 2.22. The van der Waals surface area contributed by atoms with Gasteiger partial charge in [-0.15, -0.1) is 0 Å². The molecule has 0 atom stereocenters. The smallest absolute Gasteiger partial charge is 0.0116 e. The van der Waals surface area contributed by atoms with Crippen LogP contribution in [-0.4, -0.2) is 41.6 Å². The molecule has 0 amide bonds. The minimum atomic E-state index is 0.476. The molecule has 3 heteroatoms. The molecule has 1 rings (SSSR count). The average Bonchev–Trinajstić information content (AvgIpc) is 2.14. The van der Waals surface area contributed by atoms with Crippen LogP contribution in [0.3, 0.4) is 0 Å². The van der Waals surface area contributed by atoms with Crippen LogP contribution in [0.5, 0.6) is 0 Å².